The number of hydrogen-bond donors (Lipinski definition) is 4. The van der Waals surface area contributed by atoms with Crippen molar-refractivity contribution in [1.29, 1.82) is 0 Å². The van der Waals surface area contributed by atoms with E-state index in [-0.39, 0.29) is 5.75 Å². The molecular weight excluding hydrogens is 204 g/mol. The maximum absolute atomic E-state index is 10.00. The molecule has 1 heterocycles. The van der Waals surface area contributed by atoms with Crippen LogP contribution in [0.4, 0.5) is 0 Å². The lowest BCUT2D eigenvalue weighted by atomic mass is 10.0. The zero-order chi connectivity index (χ0) is 11.7. The summed E-state index contributed by atoms with van der Waals surface area (Å²) in [5.74, 6) is 0.216. The first-order valence-electron chi connectivity index (χ1n) is 5.33. The molecule has 2 aromatic rings. The summed E-state index contributed by atoms with van der Waals surface area (Å²) in [7, 11) is 0. The highest BCUT2D eigenvalue weighted by Crippen LogP contribution is 2.31. The third-order valence-electron chi connectivity index (χ3n) is 2.79. The summed E-state index contributed by atoms with van der Waals surface area (Å²) in [4.78, 5) is 3.15. The van der Waals surface area contributed by atoms with Gasteiger partial charge in [-0.15, -0.1) is 0 Å². The van der Waals surface area contributed by atoms with Crippen molar-refractivity contribution < 1.29 is 10.2 Å². The van der Waals surface area contributed by atoms with Gasteiger partial charge >= 0.3 is 0 Å². The van der Waals surface area contributed by atoms with Gasteiger partial charge < -0.3 is 20.9 Å². The maximum atomic E-state index is 10.00. The van der Waals surface area contributed by atoms with Gasteiger partial charge in [-0.1, -0.05) is 0 Å². The summed E-state index contributed by atoms with van der Waals surface area (Å²) in [5.41, 5.74) is 8.07. The molecule has 2 rings (SSSR count). The Morgan fingerprint density at radius 1 is 1.44 bits per heavy atom. The van der Waals surface area contributed by atoms with Gasteiger partial charge in [-0.3, -0.25) is 0 Å². The Morgan fingerprint density at radius 3 is 2.88 bits per heavy atom. The minimum Gasteiger partial charge on any atom is -0.508 e. The highest BCUT2D eigenvalue weighted by atomic mass is 16.3. The second-order valence-electron chi connectivity index (χ2n) is 3.99. The van der Waals surface area contributed by atoms with Crippen LogP contribution in [-0.2, 0) is 0 Å². The van der Waals surface area contributed by atoms with Crippen LogP contribution in [0.25, 0.3) is 10.9 Å². The fourth-order valence-corrected chi connectivity index (χ4v) is 2.07. The van der Waals surface area contributed by atoms with Crippen LogP contribution in [0.15, 0.2) is 18.2 Å². The maximum Gasteiger partial charge on any atom is 0.117 e. The fourth-order valence-electron chi connectivity index (χ4n) is 2.07. The van der Waals surface area contributed by atoms with Crippen molar-refractivity contribution in [3.63, 3.8) is 0 Å². The number of phenols is 1. The molecule has 0 saturated heterocycles. The van der Waals surface area contributed by atoms with Crippen molar-refractivity contribution in [2.24, 2.45) is 5.73 Å². The topological polar surface area (TPSA) is 82.3 Å². The van der Waals surface area contributed by atoms with Gasteiger partial charge in [0.15, 0.2) is 0 Å². The monoisotopic (exact) mass is 220 g/mol. The van der Waals surface area contributed by atoms with Gasteiger partial charge in [-0.25, -0.2) is 0 Å². The van der Waals surface area contributed by atoms with Crippen LogP contribution >= 0.6 is 0 Å². The van der Waals surface area contributed by atoms with Gasteiger partial charge in [0.05, 0.1) is 6.10 Å². The first-order chi connectivity index (χ1) is 7.63. The van der Waals surface area contributed by atoms with Gasteiger partial charge in [0.2, 0.25) is 0 Å². The smallest absolute Gasteiger partial charge is 0.117 e. The highest BCUT2D eigenvalue weighted by Gasteiger charge is 2.15. The molecule has 1 aromatic carbocycles. The molecule has 0 saturated carbocycles. The molecule has 1 unspecified atom stereocenters. The van der Waals surface area contributed by atoms with Crippen molar-refractivity contribution in [3.8, 4) is 5.75 Å². The molecule has 0 aliphatic heterocycles. The number of phenolic OH excluding ortho intramolecular Hbond substituents is 1. The van der Waals surface area contributed by atoms with Crippen LogP contribution in [0.5, 0.6) is 5.75 Å². The molecule has 1 atom stereocenters. The van der Waals surface area contributed by atoms with Crippen LogP contribution in [0.3, 0.4) is 0 Å². The molecule has 0 aliphatic rings. The molecule has 0 bridgehead atoms. The number of nitrogens with one attached hydrogen (secondary N) is 1. The fraction of sp³-hybridized carbons (Fsp3) is 0.333. The van der Waals surface area contributed by atoms with E-state index in [2.05, 4.69) is 4.98 Å². The number of rotatable bonds is 3. The number of benzene rings is 1. The molecule has 4 nitrogen and oxygen atoms in total. The third kappa shape index (κ3) is 1.77. The van der Waals surface area contributed by atoms with E-state index in [0.717, 1.165) is 22.2 Å². The molecule has 0 fully saturated rings. The minimum absolute atomic E-state index is 0.216. The van der Waals surface area contributed by atoms with Crippen molar-refractivity contribution >= 4 is 10.9 Å². The summed E-state index contributed by atoms with van der Waals surface area (Å²) < 4.78 is 0. The quantitative estimate of drug-likeness (QED) is 0.633. The van der Waals surface area contributed by atoms with Crippen molar-refractivity contribution in [1.82, 2.24) is 4.98 Å². The first kappa shape index (κ1) is 11.0. The number of hydrogen-bond acceptors (Lipinski definition) is 3. The lowest BCUT2D eigenvalue weighted by molar-refractivity contribution is 0.171. The number of fused-ring (bicyclic) bond motifs is 1. The summed E-state index contributed by atoms with van der Waals surface area (Å²) in [5, 5.41) is 20.3. The van der Waals surface area contributed by atoms with Gasteiger partial charge in [-0.05, 0) is 32.0 Å². The Balaban J connectivity index is 2.55. The van der Waals surface area contributed by atoms with E-state index < -0.39 is 6.10 Å². The Kier molecular flexibility index (Phi) is 2.85. The summed E-state index contributed by atoms with van der Waals surface area (Å²) in [6.45, 7) is 2.36. The van der Waals surface area contributed by atoms with Crippen LogP contribution in [0.1, 0.15) is 23.8 Å². The Bertz CT molecular complexity index is 505. The van der Waals surface area contributed by atoms with Gasteiger partial charge in [0.1, 0.15) is 5.75 Å². The normalized spacial score (nSPS) is 13.2. The summed E-state index contributed by atoms with van der Waals surface area (Å²) >= 11 is 0. The molecule has 5 N–H and O–H groups in total. The zero-order valence-electron chi connectivity index (χ0n) is 9.20. The molecule has 86 valence electrons. The van der Waals surface area contributed by atoms with Crippen LogP contribution < -0.4 is 5.73 Å². The molecule has 4 heteroatoms. The van der Waals surface area contributed by atoms with E-state index in [0.29, 0.717) is 13.0 Å². The van der Waals surface area contributed by atoms with Crippen molar-refractivity contribution in [3.05, 3.63) is 29.5 Å². The van der Waals surface area contributed by atoms with Gasteiger partial charge in [0, 0.05) is 28.2 Å². The number of nitrogens with two attached hydrogens (primary N) is 1. The lowest BCUT2D eigenvalue weighted by Crippen LogP contribution is -2.07. The predicted octanol–water partition coefficient (Wildman–Crippen LogP) is 1.56. The van der Waals surface area contributed by atoms with E-state index in [1.165, 1.54) is 0 Å². The standard InChI is InChI=1S/C12H16N2O2/c1-7-12(11(16)4-5-13)9-3-2-8(15)6-10(9)14-7/h2-3,6,11,14-16H,4-5,13H2,1H3. The lowest BCUT2D eigenvalue weighted by Gasteiger charge is -2.09. The number of aromatic hydroxyl groups is 1. The number of aromatic amines is 1. The van der Waals surface area contributed by atoms with E-state index in [1.54, 1.807) is 12.1 Å². The van der Waals surface area contributed by atoms with Gasteiger partial charge in [-0.2, -0.15) is 0 Å². The number of H-pyrrole nitrogens is 1. The van der Waals surface area contributed by atoms with Gasteiger partial charge in [0.25, 0.3) is 0 Å². The van der Waals surface area contributed by atoms with E-state index in [1.807, 2.05) is 13.0 Å². The largest absolute Gasteiger partial charge is 0.508 e. The van der Waals surface area contributed by atoms with Crippen molar-refractivity contribution in [2.45, 2.75) is 19.4 Å². The molecule has 0 aliphatic carbocycles. The molecule has 16 heavy (non-hydrogen) atoms. The Labute approximate surface area is 93.7 Å². The van der Waals surface area contributed by atoms with E-state index in [4.69, 9.17) is 5.73 Å². The zero-order valence-corrected chi connectivity index (χ0v) is 9.20. The average molecular weight is 220 g/mol. The second-order valence-corrected chi connectivity index (χ2v) is 3.99. The second kappa shape index (κ2) is 4.15. The molecule has 1 aromatic heterocycles. The molecule has 0 spiro atoms. The first-order valence-corrected chi connectivity index (χ1v) is 5.33. The third-order valence-corrected chi connectivity index (χ3v) is 2.79. The van der Waals surface area contributed by atoms with E-state index in [9.17, 15) is 10.2 Å². The number of aryl methyl sites for hydroxylation is 1. The predicted molar refractivity (Wildman–Crippen MR) is 63.3 cm³/mol. The highest BCUT2D eigenvalue weighted by molar-refractivity contribution is 5.86. The number of aromatic nitrogens is 1. The van der Waals surface area contributed by atoms with E-state index >= 15 is 0 Å². The number of aliphatic hydroxyl groups is 1. The van der Waals surface area contributed by atoms with Crippen LogP contribution in [0, 0.1) is 6.92 Å². The molecule has 0 radical (unpaired) electrons. The summed E-state index contributed by atoms with van der Waals surface area (Å²) in [6.07, 6.45) is -0.0161. The SMILES string of the molecule is Cc1[nH]c2cc(O)ccc2c1C(O)CCN. The summed E-state index contributed by atoms with van der Waals surface area (Å²) in [6, 6.07) is 5.08. The molecular formula is C12H16N2O2. The average Bonchev–Trinajstić information content (AvgIpc) is 2.53. The van der Waals surface area contributed by atoms with Crippen molar-refractivity contribution in [2.75, 3.05) is 6.54 Å². The molecule has 0 amide bonds. The van der Waals surface area contributed by atoms with Crippen LogP contribution in [0.2, 0.25) is 0 Å². The van der Waals surface area contributed by atoms with Crippen LogP contribution in [-0.4, -0.2) is 21.7 Å². The Hall–Kier alpha value is -1.52. The number of aliphatic hydroxyl groups excluding tert-OH is 1. The Morgan fingerprint density at radius 2 is 2.19 bits per heavy atom. The minimum atomic E-state index is -0.553.